The predicted octanol–water partition coefficient (Wildman–Crippen LogP) is 0.255. The minimum atomic E-state index is 0.102. The van der Waals surface area contributed by atoms with Crippen LogP contribution in [0.5, 0.6) is 0 Å². The Bertz CT molecular complexity index is 97.7. The van der Waals surface area contributed by atoms with E-state index >= 15 is 0 Å². The standard InChI is InChI=1S/C4H4O2/c1-2-5-4-3(1)6-4/h1-4H. The Morgan fingerprint density at radius 1 is 1.50 bits per heavy atom. The van der Waals surface area contributed by atoms with Gasteiger partial charge in [0.2, 0.25) is 6.29 Å². The maximum Gasteiger partial charge on any atom is 0.230 e. The molecule has 0 spiro atoms. The summed E-state index contributed by atoms with van der Waals surface area (Å²) in [6.45, 7) is 0. The molecule has 2 nitrogen and oxygen atoms in total. The molecule has 0 aromatic heterocycles. The van der Waals surface area contributed by atoms with Crippen molar-refractivity contribution in [3.8, 4) is 0 Å². The van der Waals surface area contributed by atoms with Crippen molar-refractivity contribution in [2.24, 2.45) is 0 Å². The normalized spacial score (nSPS) is 48.0. The molecule has 0 aliphatic carbocycles. The van der Waals surface area contributed by atoms with E-state index in [0.717, 1.165) is 0 Å². The van der Waals surface area contributed by atoms with Crippen molar-refractivity contribution in [3.05, 3.63) is 12.3 Å². The molecule has 2 heteroatoms. The van der Waals surface area contributed by atoms with Gasteiger partial charge < -0.3 is 9.47 Å². The molecule has 2 aliphatic heterocycles. The quantitative estimate of drug-likeness (QED) is 0.392. The Morgan fingerprint density at radius 3 is 2.67 bits per heavy atom. The van der Waals surface area contributed by atoms with Crippen molar-refractivity contribution in [2.75, 3.05) is 0 Å². The van der Waals surface area contributed by atoms with Gasteiger partial charge in [0.05, 0.1) is 6.26 Å². The molecule has 1 fully saturated rings. The fourth-order valence-corrected chi connectivity index (χ4v) is 0.555. The fraction of sp³-hybridized carbons (Fsp3) is 0.500. The van der Waals surface area contributed by atoms with Crippen LogP contribution in [0.2, 0.25) is 0 Å². The van der Waals surface area contributed by atoms with Crippen molar-refractivity contribution in [2.45, 2.75) is 12.4 Å². The number of ether oxygens (including phenoxy) is 2. The van der Waals surface area contributed by atoms with Crippen LogP contribution in [0, 0.1) is 0 Å². The third kappa shape index (κ3) is 0.165. The van der Waals surface area contributed by atoms with Crippen molar-refractivity contribution < 1.29 is 9.47 Å². The molecular weight excluding hydrogens is 80.0 g/mol. The summed E-state index contributed by atoms with van der Waals surface area (Å²) < 4.78 is 9.67. The lowest BCUT2D eigenvalue weighted by molar-refractivity contribution is 0.128. The van der Waals surface area contributed by atoms with E-state index in [4.69, 9.17) is 9.47 Å². The number of hydrogen-bond acceptors (Lipinski definition) is 2. The SMILES string of the molecule is C1=CC2OC2O1. The number of rotatable bonds is 0. The van der Waals surface area contributed by atoms with E-state index in [1.807, 2.05) is 6.08 Å². The second-order valence-corrected chi connectivity index (χ2v) is 1.43. The van der Waals surface area contributed by atoms with Gasteiger partial charge >= 0.3 is 0 Å². The van der Waals surface area contributed by atoms with Crippen LogP contribution in [-0.2, 0) is 9.47 Å². The first kappa shape index (κ1) is 2.64. The van der Waals surface area contributed by atoms with Crippen LogP contribution in [-0.4, -0.2) is 12.4 Å². The highest BCUT2D eigenvalue weighted by molar-refractivity contribution is 5.02. The maximum absolute atomic E-state index is 4.84. The van der Waals surface area contributed by atoms with Gasteiger partial charge in [-0.2, -0.15) is 0 Å². The fourth-order valence-electron chi connectivity index (χ4n) is 0.555. The largest absolute Gasteiger partial charge is 0.470 e. The zero-order valence-electron chi connectivity index (χ0n) is 3.13. The van der Waals surface area contributed by atoms with Crippen LogP contribution in [0.1, 0.15) is 0 Å². The minimum absolute atomic E-state index is 0.102. The summed E-state index contributed by atoms with van der Waals surface area (Å²) in [5.74, 6) is 0. The molecule has 0 radical (unpaired) electrons. The molecule has 0 aromatic rings. The first-order valence-corrected chi connectivity index (χ1v) is 1.94. The predicted molar refractivity (Wildman–Crippen MR) is 18.9 cm³/mol. The van der Waals surface area contributed by atoms with Crippen LogP contribution >= 0.6 is 0 Å². The monoisotopic (exact) mass is 84.0 g/mol. The van der Waals surface area contributed by atoms with Gasteiger partial charge in [-0.3, -0.25) is 0 Å². The molecule has 32 valence electrons. The molecule has 6 heavy (non-hydrogen) atoms. The lowest BCUT2D eigenvalue weighted by Gasteiger charge is -1.81. The van der Waals surface area contributed by atoms with Gasteiger partial charge in [0.25, 0.3) is 0 Å². The maximum atomic E-state index is 4.84. The van der Waals surface area contributed by atoms with Crippen molar-refractivity contribution >= 4 is 0 Å². The Morgan fingerprint density at radius 2 is 2.50 bits per heavy atom. The first-order chi connectivity index (χ1) is 2.97. The highest BCUT2D eigenvalue weighted by Crippen LogP contribution is 2.29. The molecule has 2 rings (SSSR count). The minimum Gasteiger partial charge on any atom is -0.470 e. The molecule has 0 N–H and O–H groups in total. The summed E-state index contributed by atoms with van der Waals surface area (Å²) in [5, 5.41) is 0. The highest BCUT2D eigenvalue weighted by Gasteiger charge is 2.41. The summed E-state index contributed by atoms with van der Waals surface area (Å²) in [4.78, 5) is 0. The second-order valence-electron chi connectivity index (χ2n) is 1.43. The lowest BCUT2D eigenvalue weighted by Crippen LogP contribution is -1.80. The Balaban J connectivity index is 2.26. The van der Waals surface area contributed by atoms with E-state index in [-0.39, 0.29) is 6.29 Å². The molecule has 0 amide bonds. The molecule has 2 heterocycles. The van der Waals surface area contributed by atoms with Crippen LogP contribution in [0.15, 0.2) is 12.3 Å². The Hall–Kier alpha value is -0.500. The van der Waals surface area contributed by atoms with Gasteiger partial charge in [0.1, 0.15) is 6.10 Å². The molecule has 2 atom stereocenters. The van der Waals surface area contributed by atoms with E-state index in [9.17, 15) is 0 Å². The molecular formula is C4H4O2. The van der Waals surface area contributed by atoms with Gasteiger partial charge in [-0.25, -0.2) is 0 Å². The van der Waals surface area contributed by atoms with Gasteiger partial charge in [-0.15, -0.1) is 0 Å². The third-order valence-electron chi connectivity index (χ3n) is 0.964. The van der Waals surface area contributed by atoms with Crippen LogP contribution in [0.25, 0.3) is 0 Å². The zero-order valence-corrected chi connectivity index (χ0v) is 3.13. The van der Waals surface area contributed by atoms with Gasteiger partial charge in [-0.1, -0.05) is 0 Å². The van der Waals surface area contributed by atoms with Crippen LogP contribution in [0.3, 0.4) is 0 Å². The third-order valence-corrected chi connectivity index (χ3v) is 0.964. The molecule has 1 saturated heterocycles. The number of epoxide rings is 1. The van der Waals surface area contributed by atoms with E-state index in [1.165, 1.54) is 0 Å². The topological polar surface area (TPSA) is 21.8 Å². The van der Waals surface area contributed by atoms with Crippen molar-refractivity contribution in [1.29, 1.82) is 0 Å². The molecule has 2 aliphatic rings. The van der Waals surface area contributed by atoms with Crippen LogP contribution in [0.4, 0.5) is 0 Å². The average molecular weight is 84.1 g/mol. The molecule has 0 aromatic carbocycles. The molecule has 0 saturated carbocycles. The Kier molecular flexibility index (Phi) is 0.268. The van der Waals surface area contributed by atoms with E-state index in [1.54, 1.807) is 6.26 Å². The molecule has 2 unspecified atom stereocenters. The second kappa shape index (κ2) is 0.611. The summed E-state index contributed by atoms with van der Waals surface area (Å²) >= 11 is 0. The number of hydrogen-bond donors (Lipinski definition) is 0. The highest BCUT2D eigenvalue weighted by atomic mass is 16.8. The smallest absolute Gasteiger partial charge is 0.230 e. The lowest BCUT2D eigenvalue weighted by atomic mass is 10.5. The van der Waals surface area contributed by atoms with Gasteiger partial charge in [-0.05, 0) is 6.08 Å². The summed E-state index contributed by atoms with van der Waals surface area (Å²) in [7, 11) is 0. The van der Waals surface area contributed by atoms with E-state index < -0.39 is 0 Å². The molecule has 0 bridgehead atoms. The van der Waals surface area contributed by atoms with Gasteiger partial charge in [0, 0.05) is 0 Å². The van der Waals surface area contributed by atoms with Crippen molar-refractivity contribution in [1.82, 2.24) is 0 Å². The first-order valence-electron chi connectivity index (χ1n) is 1.94. The summed E-state index contributed by atoms with van der Waals surface area (Å²) in [5.41, 5.74) is 0. The average Bonchev–Trinajstić information content (AvgIpc) is 2.17. The van der Waals surface area contributed by atoms with Crippen LogP contribution < -0.4 is 0 Å². The number of fused-ring (bicyclic) bond motifs is 1. The zero-order chi connectivity index (χ0) is 3.98. The summed E-state index contributed by atoms with van der Waals surface area (Å²) in [6, 6.07) is 0. The van der Waals surface area contributed by atoms with Gasteiger partial charge in [0.15, 0.2) is 0 Å². The Labute approximate surface area is 35.4 Å². The van der Waals surface area contributed by atoms with Crippen molar-refractivity contribution in [3.63, 3.8) is 0 Å². The van der Waals surface area contributed by atoms with E-state index in [0.29, 0.717) is 6.10 Å². The summed E-state index contributed by atoms with van der Waals surface area (Å²) in [6.07, 6.45) is 4.00. The van der Waals surface area contributed by atoms with E-state index in [2.05, 4.69) is 0 Å².